The van der Waals surface area contributed by atoms with Crippen molar-refractivity contribution >= 4 is 44.5 Å². The Morgan fingerprint density at radius 3 is 2.57 bits per heavy atom. The van der Waals surface area contributed by atoms with Gasteiger partial charge in [0.15, 0.2) is 0 Å². The number of hydrogen-bond acceptors (Lipinski definition) is 3. The molecule has 0 aromatic heterocycles. The highest BCUT2D eigenvalue weighted by Gasteiger charge is 2.12. The Morgan fingerprint density at radius 1 is 1.19 bits per heavy atom. The molecular weight excluding hydrogens is 372 g/mol. The number of thioether (sulfide) groups is 1. The molecule has 0 aliphatic carbocycles. The molecule has 21 heavy (non-hydrogen) atoms. The van der Waals surface area contributed by atoms with Gasteiger partial charge in [-0.3, -0.25) is 4.21 Å². The molecule has 1 atom stereocenters. The summed E-state index contributed by atoms with van der Waals surface area (Å²) in [6.45, 7) is 0. The van der Waals surface area contributed by atoms with Crippen LogP contribution in [0.5, 0.6) is 0 Å². The maximum absolute atomic E-state index is 12.2. The Bertz CT molecular complexity index is 659. The Morgan fingerprint density at radius 2 is 1.90 bits per heavy atom. The highest BCUT2D eigenvalue weighted by molar-refractivity contribution is 9.10. The molecule has 1 unspecified atom stereocenters. The fourth-order valence-electron chi connectivity index (χ4n) is 1.68. The first-order valence-corrected chi connectivity index (χ1v) is 9.27. The normalized spacial score (nSPS) is 12.0. The van der Waals surface area contributed by atoms with Gasteiger partial charge in [-0.1, -0.05) is 18.2 Å². The zero-order valence-electron chi connectivity index (χ0n) is 11.0. The second kappa shape index (κ2) is 7.77. The zero-order valence-corrected chi connectivity index (χ0v) is 14.2. The number of rotatable bonds is 6. The predicted molar refractivity (Wildman–Crippen MR) is 89.5 cm³/mol. The van der Waals surface area contributed by atoms with Crippen molar-refractivity contribution in [2.24, 2.45) is 0 Å². The molecule has 0 aliphatic heterocycles. The fraction of sp³-hybridized carbons (Fsp3) is 0.133. The summed E-state index contributed by atoms with van der Waals surface area (Å²) in [6, 6.07) is 14.7. The number of carboxylic acid groups (broad SMARTS) is 1. The lowest BCUT2D eigenvalue weighted by molar-refractivity contribution is 0.0695. The maximum Gasteiger partial charge on any atom is 0.336 e. The average molecular weight is 385 g/mol. The second-order valence-corrected chi connectivity index (χ2v) is 7.75. The van der Waals surface area contributed by atoms with E-state index in [0.717, 1.165) is 10.6 Å². The third-order valence-electron chi connectivity index (χ3n) is 2.71. The molecule has 0 amide bonds. The van der Waals surface area contributed by atoms with Crippen LogP contribution in [-0.2, 0) is 10.8 Å². The monoisotopic (exact) mass is 384 g/mol. The van der Waals surface area contributed by atoms with Gasteiger partial charge < -0.3 is 5.11 Å². The van der Waals surface area contributed by atoms with E-state index in [2.05, 4.69) is 15.9 Å². The molecule has 1 N–H and O–H groups in total. The van der Waals surface area contributed by atoms with Crippen LogP contribution in [0.1, 0.15) is 10.4 Å². The Labute approximate surface area is 138 Å². The van der Waals surface area contributed by atoms with Gasteiger partial charge in [-0.05, 0) is 46.3 Å². The van der Waals surface area contributed by atoms with Gasteiger partial charge in [0.05, 0.1) is 16.4 Å². The topological polar surface area (TPSA) is 54.4 Å². The van der Waals surface area contributed by atoms with Crippen molar-refractivity contribution in [3.05, 3.63) is 58.6 Å². The van der Waals surface area contributed by atoms with Gasteiger partial charge in [-0.25, -0.2) is 4.79 Å². The second-order valence-electron chi connectivity index (χ2n) is 4.16. The van der Waals surface area contributed by atoms with Crippen molar-refractivity contribution in [2.45, 2.75) is 9.79 Å². The van der Waals surface area contributed by atoms with Gasteiger partial charge in [-0.15, -0.1) is 11.8 Å². The lowest BCUT2D eigenvalue weighted by atomic mass is 10.2. The number of carboxylic acids is 1. The summed E-state index contributed by atoms with van der Waals surface area (Å²) in [6.07, 6.45) is 0. The summed E-state index contributed by atoms with van der Waals surface area (Å²) in [7, 11) is -1.20. The van der Waals surface area contributed by atoms with Crippen LogP contribution in [0.4, 0.5) is 0 Å². The third-order valence-corrected chi connectivity index (χ3v) is 6.03. The molecule has 110 valence electrons. The van der Waals surface area contributed by atoms with E-state index in [9.17, 15) is 9.00 Å². The number of aromatic carboxylic acids is 1. The molecule has 0 spiro atoms. The SMILES string of the molecule is O=C(O)c1cc(S(=O)CCSc2ccccc2)ccc1Br. The molecule has 0 radical (unpaired) electrons. The summed E-state index contributed by atoms with van der Waals surface area (Å²) < 4.78 is 12.7. The lowest BCUT2D eigenvalue weighted by Crippen LogP contribution is -2.04. The number of benzene rings is 2. The van der Waals surface area contributed by atoms with Gasteiger partial charge in [-0.2, -0.15) is 0 Å². The van der Waals surface area contributed by atoms with Crippen LogP contribution in [0.2, 0.25) is 0 Å². The largest absolute Gasteiger partial charge is 0.478 e. The van der Waals surface area contributed by atoms with Crippen molar-refractivity contribution in [1.29, 1.82) is 0 Å². The smallest absolute Gasteiger partial charge is 0.336 e. The van der Waals surface area contributed by atoms with E-state index in [1.54, 1.807) is 23.9 Å². The highest BCUT2D eigenvalue weighted by atomic mass is 79.9. The highest BCUT2D eigenvalue weighted by Crippen LogP contribution is 2.22. The molecule has 3 nitrogen and oxygen atoms in total. The minimum Gasteiger partial charge on any atom is -0.478 e. The van der Waals surface area contributed by atoms with Gasteiger partial charge >= 0.3 is 5.97 Å². The molecule has 0 saturated carbocycles. The van der Waals surface area contributed by atoms with Crippen molar-refractivity contribution in [1.82, 2.24) is 0 Å². The number of hydrogen-bond donors (Lipinski definition) is 1. The predicted octanol–water partition coefficient (Wildman–Crippen LogP) is 4.05. The summed E-state index contributed by atoms with van der Waals surface area (Å²) in [5.74, 6) is 0.175. The van der Waals surface area contributed by atoms with Crippen LogP contribution in [0.3, 0.4) is 0 Å². The number of carbonyl (C=O) groups is 1. The van der Waals surface area contributed by atoms with Gasteiger partial charge in [0.25, 0.3) is 0 Å². The zero-order chi connectivity index (χ0) is 15.2. The summed E-state index contributed by atoms with van der Waals surface area (Å²) in [5, 5.41) is 9.06. The summed E-state index contributed by atoms with van der Waals surface area (Å²) in [5.41, 5.74) is 0.136. The fourth-order valence-corrected chi connectivity index (χ4v) is 4.32. The van der Waals surface area contributed by atoms with E-state index >= 15 is 0 Å². The molecule has 0 aliphatic rings. The van der Waals surface area contributed by atoms with Crippen molar-refractivity contribution in [3.8, 4) is 0 Å². The first-order valence-electron chi connectivity index (χ1n) is 6.17. The molecule has 0 heterocycles. The van der Waals surface area contributed by atoms with E-state index in [1.807, 2.05) is 30.3 Å². The molecule has 0 saturated heterocycles. The van der Waals surface area contributed by atoms with Crippen LogP contribution in [0, 0.1) is 0 Å². The van der Waals surface area contributed by atoms with Gasteiger partial charge in [0.1, 0.15) is 0 Å². The Kier molecular flexibility index (Phi) is 6.02. The molecule has 2 aromatic rings. The van der Waals surface area contributed by atoms with Crippen LogP contribution >= 0.6 is 27.7 Å². The van der Waals surface area contributed by atoms with Gasteiger partial charge in [0, 0.05) is 25.8 Å². The van der Waals surface area contributed by atoms with E-state index in [4.69, 9.17) is 5.11 Å². The molecule has 6 heteroatoms. The quantitative estimate of drug-likeness (QED) is 0.763. The van der Waals surface area contributed by atoms with Crippen molar-refractivity contribution < 1.29 is 14.1 Å². The van der Waals surface area contributed by atoms with Crippen molar-refractivity contribution in [2.75, 3.05) is 11.5 Å². The minimum atomic E-state index is -1.20. The van der Waals surface area contributed by atoms with Crippen LogP contribution in [-0.4, -0.2) is 26.8 Å². The summed E-state index contributed by atoms with van der Waals surface area (Å²) >= 11 is 4.82. The average Bonchev–Trinajstić information content (AvgIpc) is 2.48. The molecular formula is C15H13BrO3S2. The molecule has 2 rings (SSSR count). The Hall–Kier alpha value is -1.11. The van der Waals surface area contributed by atoms with E-state index in [-0.39, 0.29) is 5.56 Å². The molecule has 0 fully saturated rings. The van der Waals surface area contributed by atoms with Crippen LogP contribution in [0.25, 0.3) is 0 Å². The number of halogens is 1. The standard InChI is InChI=1S/C15H13BrO3S2/c16-14-7-6-12(10-13(14)15(17)18)21(19)9-8-20-11-4-2-1-3-5-11/h1-7,10H,8-9H2,(H,17,18). The Balaban J connectivity index is 1.97. The van der Waals surface area contributed by atoms with Crippen LogP contribution in [0.15, 0.2) is 62.8 Å². The van der Waals surface area contributed by atoms with Crippen molar-refractivity contribution in [3.63, 3.8) is 0 Å². The molecule has 2 aromatic carbocycles. The first-order chi connectivity index (χ1) is 10.1. The lowest BCUT2D eigenvalue weighted by Gasteiger charge is -2.05. The first kappa shape index (κ1) is 16.3. The minimum absolute atomic E-state index is 0.136. The molecule has 0 bridgehead atoms. The van der Waals surface area contributed by atoms with E-state index in [1.165, 1.54) is 6.07 Å². The van der Waals surface area contributed by atoms with Gasteiger partial charge in [0.2, 0.25) is 0 Å². The maximum atomic E-state index is 12.2. The summed E-state index contributed by atoms with van der Waals surface area (Å²) in [4.78, 5) is 12.7. The third kappa shape index (κ3) is 4.69. The van der Waals surface area contributed by atoms with Crippen LogP contribution < -0.4 is 0 Å². The van der Waals surface area contributed by atoms with E-state index < -0.39 is 16.8 Å². The van der Waals surface area contributed by atoms with E-state index in [0.29, 0.717) is 15.1 Å².